The fourth-order valence-electron chi connectivity index (χ4n) is 5.46. The highest BCUT2D eigenvalue weighted by Gasteiger charge is 2.55. The van der Waals surface area contributed by atoms with Gasteiger partial charge in [0.1, 0.15) is 6.07 Å². The molecule has 0 bridgehead atoms. The second kappa shape index (κ2) is 8.69. The Labute approximate surface area is 203 Å². The normalized spacial score (nSPS) is 22.8. The Balaban J connectivity index is 1.32. The van der Waals surface area contributed by atoms with Gasteiger partial charge in [0.25, 0.3) is 5.91 Å². The predicted octanol–water partition coefficient (Wildman–Crippen LogP) is 3.55. The van der Waals surface area contributed by atoms with E-state index in [4.69, 9.17) is 10.00 Å². The number of hydrogen-bond acceptors (Lipinski definition) is 7. The highest BCUT2D eigenvalue weighted by molar-refractivity contribution is 6.00. The van der Waals surface area contributed by atoms with E-state index in [1.165, 1.54) is 13.3 Å². The van der Waals surface area contributed by atoms with Crippen molar-refractivity contribution in [3.05, 3.63) is 47.8 Å². The molecule has 0 atom stereocenters. The molecule has 2 aliphatic rings. The monoisotopic (exact) mass is 472 g/mol. The third kappa shape index (κ3) is 4.20. The van der Waals surface area contributed by atoms with E-state index in [9.17, 15) is 9.59 Å². The van der Waals surface area contributed by atoms with Gasteiger partial charge in [-0.05, 0) is 69.2 Å². The lowest BCUT2D eigenvalue weighted by molar-refractivity contribution is -0.159. The van der Waals surface area contributed by atoms with E-state index in [-0.39, 0.29) is 35.3 Å². The molecule has 3 heterocycles. The zero-order chi connectivity index (χ0) is 24.7. The first kappa shape index (κ1) is 22.8. The number of nitrogens with zero attached hydrogens (tertiary/aromatic N) is 4. The molecule has 0 saturated heterocycles. The SMILES string of the molecule is COC(=O)C1CC2(CC(NC(=O)c3cnc(-c4ccc5cc(C#N)cnn45)cc3NC(C)C)C2)C1. The summed E-state index contributed by atoms with van der Waals surface area (Å²) in [5.41, 5.74) is 4.10. The largest absolute Gasteiger partial charge is 0.469 e. The summed E-state index contributed by atoms with van der Waals surface area (Å²) in [6.45, 7) is 4.03. The van der Waals surface area contributed by atoms with Gasteiger partial charge in [-0.1, -0.05) is 0 Å². The number of nitriles is 1. The minimum Gasteiger partial charge on any atom is -0.469 e. The van der Waals surface area contributed by atoms with Crippen LogP contribution < -0.4 is 10.6 Å². The summed E-state index contributed by atoms with van der Waals surface area (Å²) < 4.78 is 6.57. The van der Waals surface area contributed by atoms with Crippen LogP contribution in [0.5, 0.6) is 0 Å². The number of amides is 1. The van der Waals surface area contributed by atoms with Gasteiger partial charge >= 0.3 is 5.97 Å². The van der Waals surface area contributed by atoms with Crippen LogP contribution in [0, 0.1) is 22.7 Å². The third-order valence-electron chi connectivity index (χ3n) is 7.07. The van der Waals surface area contributed by atoms with E-state index < -0.39 is 0 Å². The van der Waals surface area contributed by atoms with Gasteiger partial charge in [-0.15, -0.1) is 0 Å². The number of fused-ring (bicyclic) bond motifs is 1. The molecule has 3 aromatic rings. The molecule has 2 saturated carbocycles. The van der Waals surface area contributed by atoms with Gasteiger partial charge in [-0.2, -0.15) is 10.4 Å². The maximum atomic E-state index is 13.2. The summed E-state index contributed by atoms with van der Waals surface area (Å²) in [6, 6.07) is 9.74. The van der Waals surface area contributed by atoms with Crippen molar-refractivity contribution in [2.75, 3.05) is 12.4 Å². The van der Waals surface area contributed by atoms with Crippen molar-refractivity contribution in [2.45, 2.75) is 51.6 Å². The number of carbonyl (C=O) groups excluding carboxylic acids is 2. The summed E-state index contributed by atoms with van der Waals surface area (Å²) in [4.78, 5) is 29.4. The zero-order valence-corrected chi connectivity index (χ0v) is 20.0. The quantitative estimate of drug-likeness (QED) is 0.526. The summed E-state index contributed by atoms with van der Waals surface area (Å²) in [6.07, 6.45) is 6.58. The van der Waals surface area contributed by atoms with Gasteiger partial charge in [0.05, 0.1) is 52.9 Å². The number of esters is 1. The Morgan fingerprint density at radius 3 is 2.66 bits per heavy atom. The third-order valence-corrected chi connectivity index (χ3v) is 7.07. The fourth-order valence-corrected chi connectivity index (χ4v) is 5.46. The van der Waals surface area contributed by atoms with Crippen molar-refractivity contribution in [3.63, 3.8) is 0 Å². The van der Waals surface area contributed by atoms with Gasteiger partial charge in [0.15, 0.2) is 0 Å². The van der Waals surface area contributed by atoms with E-state index in [1.807, 2.05) is 32.0 Å². The molecular formula is C26H28N6O3. The van der Waals surface area contributed by atoms with Crippen LogP contribution in [0.2, 0.25) is 0 Å². The molecule has 2 fully saturated rings. The zero-order valence-electron chi connectivity index (χ0n) is 20.0. The Hall–Kier alpha value is -3.93. The van der Waals surface area contributed by atoms with Gasteiger partial charge in [0.2, 0.25) is 0 Å². The van der Waals surface area contributed by atoms with Crippen LogP contribution in [0.3, 0.4) is 0 Å². The first-order chi connectivity index (χ1) is 16.8. The van der Waals surface area contributed by atoms with Crippen LogP contribution >= 0.6 is 0 Å². The standard InChI is InChI=1S/C26H28N6O3/c1-15(2)30-21-7-22(23-5-4-19-6-16(12-27)13-29-32(19)23)28-14-20(21)24(33)31-18-10-26(11-18)8-17(9-26)25(34)35-3/h4-7,13-15,17-18H,8-11H2,1-3H3,(H,28,30)(H,31,33). The van der Waals surface area contributed by atoms with Crippen LogP contribution in [0.25, 0.3) is 16.9 Å². The summed E-state index contributed by atoms with van der Waals surface area (Å²) in [5.74, 6) is -0.288. The molecule has 5 rings (SSSR count). The summed E-state index contributed by atoms with van der Waals surface area (Å²) in [5, 5.41) is 20.0. The lowest BCUT2D eigenvalue weighted by Crippen LogP contribution is -2.57. The predicted molar refractivity (Wildman–Crippen MR) is 130 cm³/mol. The number of aromatic nitrogens is 3. The molecule has 0 aromatic carbocycles. The topological polar surface area (TPSA) is 121 Å². The Bertz CT molecular complexity index is 1340. The molecule has 1 spiro atoms. The first-order valence-corrected chi connectivity index (χ1v) is 11.8. The van der Waals surface area contributed by atoms with Crippen LogP contribution in [-0.2, 0) is 9.53 Å². The summed E-state index contributed by atoms with van der Waals surface area (Å²) in [7, 11) is 1.43. The lowest BCUT2D eigenvalue weighted by Gasteiger charge is -2.56. The number of hydrogen-bond donors (Lipinski definition) is 2. The highest BCUT2D eigenvalue weighted by Crippen LogP contribution is 2.59. The van der Waals surface area contributed by atoms with E-state index >= 15 is 0 Å². The molecule has 0 radical (unpaired) electrons. The number of anilines is 1. The van der Waals surface area contributed by atoms with Crippen molar-refractivity contribution >= 4 is 23.1 Å². The van der Waals surface area contributed by atoms with Crippen molar-refractivity contribution in [1.82, 2.24) is 19.9 Å². The Morgan fingerprint density at radius 1 is 1.20 bits per heavy atom. The average Bonchev–Trinajstić information content (AvgIpc) is 3.21. The molecule has 9 nitrogen and oxygen atoms in total. The fraction of sp³-hybridized carbons (Fsp3) is 0.423. The van der Waals surface area contributed by atoms with Gasteiger partial charge < -0.3 is 15.4 Å². The van der Waals surface area contributed by atoms with E-state index in [0.29, 0.717) is 22.5 Å². The van der Waals surface area contributed by atoms with E-state index in [2.05, 4.69) is 26.8 Å². The number of pyridine rings is 1. The van der Waals surface area contributed by atoms with Crippen LogP contribution in [0.1, 0.15) is 55.5 Å². The number of rotatable bonds is 6. The molecule has 9 heteroatoms. The maximum Gasteiger partial charge on any atom is 0.308 e. The van der Waals surface area contributed by atoms with Crippen LogP contribution in [-0.4, -0.2) is 45.7 Å². The molecule has 180 valence electrons. The molecule has 3 aromatic heterocycles. The second-order valence-electron chi connectivity index (χ2n) is 10.0. The van der Waals surface area contributed by atoms with Crippen molar-refractivity contribution in [2.24, 2.45) is 11.3 Å². The first-order valence-electron chi connectivity index (χ1n) is 11.8. The number of ether oxygens (including phenoxy) is 1. The van der Waals surface area contributed by atoms with Gasteiger partial charge in [0, 0.05) is 18.3 Å². The number of nitrogens with one attached hydrogen (secondary N) is 2. The minimum atomic E-state index is -0.160. The second-order valence-corrected chi connectivity index (χ2v) is 10.0. The number of carbonyl (C=O) groups is 2. The van der Waals surface area contributed by atoms with E-state index in [0.717, 1.165) is 36.9 Å². The van der Waals surface area contributed by atoms with Crippen molar-refractivity contribution < 1.29 is 14.3 Å². The van der Waals surface area contributed by atoms with Gasteiger partial charge in [-0.25, -0.2) is 4.52 Å². The summed E-state index contributed by atoms with van der Waals surface area (Å²) >= 11 is 0. The van der Waals surface area contributed by atoms with Crippen LogP contribution in [0.15, 0.2) is 36.7 Å². The molecule has 0 unspecified atom stereocenters. The molecule has 0 aliphatic heterocycles. The molecular weight excluding hydrogens is 444 g/mol. The smallest absolute Gasteiger partial charge is 0.308 e. The molecule has 35 heavy (non-hydrogen) atoms. The van der Waals surface area contributed by atoms with E-state index in [1.54, 1.807) is 16.8 Å². The average molecular weight is 473 g/mol. The van der Waals surface area contributed by atoms with Gasteiger partial charge in [-0.3, -0.25) is 14.6 Å². The maximum absolute atomic E-state index is 13.2. The molecule has 2 aliphatic carbocycles. The number of methoxy groups -OCH3 is 1. The molecule has 1 amide bonds. The van der Waals surface area contributed by atoms with Crippen LogP contribution in [0.4, 0.5) is 5.69 Å². The lowest BCUT2D eigenvalue weighted by atomic mass is 9.50. The Kier molecular flexibility index (Phi) is 5.67. The van der Waals surface area contributed by atoms with Crippen molar-refractivity contribution in [1.29, 1.82) is 5.26 Å². The highest BCUT2D eigenvalue weighted by atomic mass is 16.5. The minimum absolute atomic E-state index is 0.00126. The van der Waals surface area contributed by atoms with Crippen molar-refractivity contribution in [3.8, 4) is 17.5 Å². The Morgan fingerprint density at radius 2 is 1.97 bits per heavy atom. The molecule has 2 N–H and O–H groups in total.